The van der Waals surface area contributed by atoms with Crippen LogP contribution in [0.25, 0.3) is 0 Å². The average molecular weight is 532 g/mol. The first kappa shape index (κ1) is 30.2. The minimum absolute atomic E-state index is 0.113. The number of carbonyl (C=O) groups excluding carboxylic acids is 2. The van der Waals surface area contributed by atoms with Gasteiger partial charge in [-0.25, -0.2) is 8.42 Å². The minimum atomic E-state index is -3.56. The van der Waals surface area contributed by atoms with Crippen LogP contribution in [0.1, 0.15) is 51.2 Å². The standard InChI is InChI=1S/C28H41N3O5S/c1-7-26(28(33)29-19-21(2)3)30(20-23-11-8-10-22(4)18-23)27(32)12-9-17-31(37(6,34)35)24-13-15-25(36-5)16-14-24/h8,10-11,13-16,18,21,26H,7,9,12,17,19-20H2,1-6H3,(H,29,33)/t26-/m1/s1. The smallest absolute Gasteiger partial charge is 0.242 e. The maximum atomic E-state index is 13.5. The molecule has 8 nitrogen and oxygen atoms in total. The molecule has 0 fully saturated rings. The van der Waals surface area contributed by atoms with E-state index in [1.165, 1.54) is 4.31 Å². The quantitative estimate of drug-likeness (QED) is 0.396. The zero-order valence-corrected chi connectivity index (χ0v) is 23.7. The summed E-state index contributed by atoms with van der Waals surface area (Å²) in [6.07, 6.45) is 2.05. The number of methoxy groups -OCH3 is 1. The van der Waals surface area contributed by atoms with E-state index < -0.39 is 16.1 Å². The second kappa shape index (κ2) is 14.0. The molecule has 204 valence electrons. The summed E-state index contributed by atoms with van der Waals surface area (Å²) in [5.74, 6) is 0.562. The molecule has 1 N–H and O–H groups in total. The van der Waals surface area contributed by atoms with Crippen molar-refractivity contribution in [1.29, 1.82) is 0 Å². The number of ether oxygens (including phenoxy) is 1. The maximum absolute atomic E-state index is 13.5. The summed E-state index contributed by atoms with van der Waals surface area (Å²) in [4.78, 5) is 28.1. The highest BCUT2D eigenvalue weighted by atomic mass is 32.2. The molecule has 1 atom stereocenters. The Morgan fingerprint density at radius 2 is 1.76 bits per heavy atom. The molecule has 0 saturated carbocycles. The number of benzene rings is 2. The molecular formula is C28H41N3O5S. The Labute approximate surface area is 222 Å². The first-order chi connectivity index (χ1) is 17.5. The fourth-order valence-electron chi connectivity index (χ4n) is 4.10. The SMILES string of the molecule is CC[C@H](C(=O)NCC(C)C)N(Cc1cccc(C)c1)C(=O)CCCN(c1ccc(OC)cc1)S(C)(=O)=O. The van der Waals surface area contributed by atoms with Crippen LogP contribution < -0.4 is 14.4 Å². The van der Waals surface area contributed by atoms with Crippen LogP contribution in [0, 0.1) is 12.8 Å². The Kier molecular flexibility index (Phi) is 11.4. The normalized spacial score (nSPS) is 12.2. The van der Waals surface area contributed by atoms with Crippen LogP contribution in [0.5, 0.6) is 5.75 Å². The summed E-state index contributed by atoms with van der Waals surface area (Å²) < 4.78 is 31.4. The zero-order valence-electron chi connectivity index (χ0n) is 22.9. The molecule has 2 aromatic carbocycles. The number of nitrogens with one attached hydrogen (secondary N) is 1. The van der Waals surface area contributed by atoms with Crippen LogP contribution in [-0.4, -0.2) is 57.6 Å². The molecule has 0 bridgehead atoms. The van der Waals surface area contributed by atoms with E-state index in [1.54, 1.807) is 36.3 Å². The lowest BCUT2D eigenvalue weighted by atomic mass is 10.1. The first-order valence-electron chi connectivity index (χ1n) is 12.7. The molecule has 0 aliphatic carbocycles. The molecule has 0 aromatic heterocycles. The van der Waals surface area contributed by atoms with E-state index in [9.17, 15) is 18.0 Å². The van der Waals surface area contributed by atoms with Gasteiger partial charge in [-0.2, -0.15) is 0 Å². The lowest BCUT2D eigenvalue weighted by Gasteiger charge is -2.31. The van der Waals surface area contributed by atoms with E-state index in [1.807, 2.05) is 52.0 Å². The predicted molar refractivity (Wildman–Crippen MR) is 148 cm³/mol. The highest BCUT2D eigenvalue weighted by molar-refractivity contribution is 7.92. The van der Waals surface area contributed by atoms with Gasteiger partial charge in [0.1, 0.15) is 11.8 Å². The van der Waals surface area contributed by atoms with E-state index >= 15 is 0 Å². The third-order valence-electron chi connectivity index (χ3n) is 6.02. The molecule has 0 spiro atoms. The van der Waals surface area contributed by atoms with Gasteiger partial charge in [0.15, 0.2) is 0 Å². The molecule has 0 radical (unpaired) electrons. The van der Waals surface area contributed by atoms with Crippen molar-refractivity contribution < 1.29 is 22.7 Å². The Hall–Kier alpha value is -3.07. The Balaban J connectivity index is 2.20. The van der Waals surface area contributed by atoms with Gasteiger partial charge in [-0.1, -0.05) is 50.6 Å². The Morgan fingerprint density at radius 1 is 1.08 bits per heavy atom. The fourth-order valence-corrected chi connectivity index (χ4v) is 5.07. The van der Waals surface area contributed by atoms with E-state index in [0.717, 1.165) is 17.4 Å². The lowest BCUT2D eigenvalue weighted by Crippen LogP contribution is -2.49. The van der Waals surface area contributed by atoms with Crippen molar-refractivity contribution in [2.45, 2.75) is 59.5 Å². The maximum Gasteiger partial charge on any atom is 0.242 e. The molecule has 0 aliphatic rings. The summed E-state index contributed by atoms with van der Waals surface area (Å²) in [6, 6.07) is 14.0. The van der Waals surface area contributed by atoms with Gasteiger partial charge >= 0.3 is 0 Å². The monoisotopic (exact) mass is 531 g/mol. The number of amides is 2. The van der Waals surface area contributed by atoms with Crippen LogP contribution in [-0.2, 0) is 26.2 Å². The first-order valence-corrected chi connectivity index (χ1v) is 14.6. The van der Waals surface area contributed by atoms with E-state index in [4.69, 9.17) is 4.74 Å². The number of hydrogen-bond acceptors (Lipinski definition) is 5. The summed E-state index contributed by atoms with van der Waals surface area (Å²) in [6.45, 7) is 8.91. The second-order valence-electron chi connectivity index (χ2n) is 9.71. The molecule has 2 rings (SSSR count). The summed E-state index contributed by atoms with van der Waals surface area (Å²) in [5.41, 5.74) is 2.52. The molecule has 0 aliphatic heterocycles. The third kappa shape index (κ3) is 9.39. The molecule has 0 saturated heterocycles. The van der Waals surface area contributed by atoms with Gasteiger partial charge in [0.25, 0.3) is 0 Å². The summed E-state index contributed by atoms with van der Waals surface area (Å²) >= 11 is 0. The highest BCUT2D eigenvalue weighted by Gasteiger charge is 2.29. The number of anilines is 1. The van der Waals surface area contributed by atoms with Crippen LogP contribution in [0.4, 0.5) is 5.69 Å². The molecule has 2 amide bonds. The van der Waals surface area contributed by atoms with Crippen molar-refractivity contribution >= 4 is 27.5 Å². The summed E-state index contributed by atoms with van der Waals surface area (Å²) in [5, 5.41) is 2.96. The number of hydrogen-bond donors (Lipinski definition) is 1. The van der Waals surface area contributed by atoms with Crippen LogP contribution >= 0.6 is 0 Å². The molecular weight excluding hydrogens is 490 g/mol. The van der Waals surface area contributed by atoms with Crippen molar-refractivity contribution in [2.24, 2.45) is 5.92 Å². The Bertz CT molecular complexity index is 1130. The van der Waals surface area contributed by atoms with Gasteiger partial charge < -0.3 is 15.0 Å². The van der Waals surface area contributed by atoms with Gasteiger partial charge in [-0.15, -0.1) is 0 Å². The van der Waals surface area contributed by atoms with E-state index in [2.05, 4.69) is 5.32 Å². The van der Waals surface area contributed by atoms with Gasteiger partial charge in [-0.05, 0) is 55.5 Å². The van der Waals surface area contributed by atoms with Crippen molar-refractivity contribution in [3.63, 3.8) is 0 Å². The van der Waals surface area contributed by atoms with Gasteiger partial charge in [0.05, 0.1) is 19.1 Å². The fraction of sp³-hybridized carbons (Fsp3) is 0.500. The molecule has 2 aromatic rings. The van der Waals surface area contributed by atoms with Crippen LogP contribution in [0.2, 0.25) is 0 Å². The van der Waals surface area contributed by atoms with Gasteiger partial charge in [0, 0.05) is 26.1 Å². The lowest BCUT2D eigenvalue weighted by molar-refractivity contribution is -0.141. The van der Waals surface area contributed by atoms with Crippen LogP contribution in [0.15, 0.2) is 48.5 Å². The van der Waals surface area contributed by atoms with Gasteiger partial charge in [-0.3, -0.25) is 13.9 Å². The van der Waals surface area contributed by atoms with Crippen molar-refractivity contribution in [1.82, 2.24) is 10.2 Å². The zero-order chi connectivity index (χ0) is 27.6. The average Bonchev–Trinajstić information content (AvgIpc) is 2.84. The number of carbonyl (C=O) groups is 2. The van der Waals surface area contributed by atoms with Crippen molar-refractivity contribution in [3.8, 4) is 5.75 Å². The van der Waals surface area contributed by atoms with E-state index in [0.29, 0.717) is 43.3 Å². The van der Waals surface area contributed by atoms with Gasteiger partial charge in [0.2, 0.25) is 21.8 Å². The largest absolute Gasteiger partial charge is 0.497 e. The van der Waals surface area contributed by atoms with Crippen LogP contribution in [0.3, 0.4) is 0 Å². The second-order valence-corrected chi connectivity index (χ2v) is 11.6. The van der Waals surface area contributed by atoms with E-state index in [-0.39, 0.29) is 24.8 Å². The van der Waals surface area contributed by atoms with Crippen molar-refractivity contribution in [3.05, 3.63) is 59.7 Å². The molecule has 0 unspecified atom stereocenters. The highest BCUT2D eigenvalue weighted by Crippen LogP contribution is 2.22. The number of aryl methyl sites for hydroxylation is 1. The number of sulfonamides is 1. The molecule has 9 heteroatoms. The topological polar surface area (TPSA) is 96.0 Å². The molecule has 37 heavy (non-hydrogen) atoms. The molecule has 0 heterocycles. The Morgan fingerprint density at radius 3 is 2.30 bits per heavy atom. The summed E-state index contributed by atoms with van der Waals surface area (Å²) in [7, 11) is -2.01. The van der Waals surface area contributed by atoms with Crippen molar-refractivity contribution in [2.75, 3.05) is 30.8 Å². The minimum Gasteiger partial charge on any atom is -0.497 e. The third-order valence-corrected chi connectivity index (χ3v) is 7.21. The predicted octanol–water partition coefficient (Wildman–Crippen LogP) is 4.13. The number of nitrogens with zero attached hydrogens (tertiary/aromatic N) is 2. The number of rotatable bonds is 14.